The Kier molecular flexibility index (Phi) is 6.68. The number of hydrogen-bond donors (Lipinski definition) is 1. The molecule has 0 aliphatic rings. The van der Waals surface area contributed by atoms with Crippen molar-refractivity contribution in [2.75, 3.05) is 4.98 Å². The van der Waals surface area contributed by atoms with Crippen molar-refractivity contribution >= 4 is 14.7 Å². The van der Waals surface area contributed by atoms with Gasteiger partial charge in [0.05, 0.1) is 0 Å². The van der Waals surface area contributed by atoms with Crippen LogP contribution >= 0.6 is 0 Å². The number of nitrogens with one attached hydrogen (secondary N) is 1. The lowest BCUT2D eigenvalue weighted by atomic mass is 10.3. The monoisotopic (exact) mass is 297 g/mol. The quantitative estimate of drug-likeness (QED) is 0.741. The van der Waals surface area contributed by atoms with Gasteiger partial charge in [0.2, 0.25) is 0 Å². The molecule has 5 heteroatoms. The van der Waals surface area contributed by atoms with Crippen LogP contribution in [0.1, 0.15) is 41.5 Å². The minimum atomic E-state index is -2.98. The Morgan fingerprint density at radius 1 is 0.750 bits per heavy atom. The van der Waals surface area contributed by atoms with E-state index in [4.69, 9.17) is 13.3 Å². The van der Waals surface area contributed by atoms with Crippen LogP contribution in [0.2, 0.25) is 0 Å². The molecular weight excluding hydrogens is 270 g/mol. The van der Waals surface area contributed by atoms with E-state index >= 15 is 0 Å². The second kappa shape index (κ2) is 7.78. The van der Waals surface area contributed by atoms with Gasteiger partial charge in [-0.3, -0.25) is 0 Å². The molecule has 114 valence electrons. The van der Waals surface area contributed by atoms with E-state index in [-0.39, 0.29) is 18.3 Å². The third kappa shape index (κ3) is 6.05. The molecule has 20 heavy (non-hydrogen) atoms. The highest BCUT2D eigenvalue weighted by atomic mass is 28.4. The van der Waals surface area contributed by atoms with Crippen molar-refractivity contribution in [2.45, 2.75) is 59.9 Å². The molecule has 0 atom stereocenters. The van der Waals surface area contributed by atoms with E-state index in [1.165, 1.54) is 0 Å². The third-order valence-corrected chi connectivity index (χ3v) is 5.18. The van der Waals surface area contributed by atoms with Gasteiger partial charge in [0.25, 0.3) is 0 Å². The molecule has 0 unspecified atom stereocenters. The van der Waals surface area contributed by atoms with Gasteiger partial charge in [-0.05, 0) is 53.7 Å². The maximum absolute atomic E-state index is 6.05. The Morgan fingerprint density at radius 2 is 1.15 bits per heavy atom. The van der Waals surface area contributed by atoms with Gasteiger partial charge in [-0.1, -0.05) is 18.2 Å². The molecule has 1 aromatic rings. The highest BCUT2D eigenvalue weighted by Crippen LogP contribution is 2.20. The first-order chi connectivity index (χ1) is 9.33. The zero-order chi connectivity index (χ0) is 15.2. The van der Waals surface area contributed by atoms with Gasteiger partial charge in [-0.15, -0.1) is 0 Å². The maximum atomic E-state index is 6.05. The largest absolute Gasteiger partial charge is 0.631 e. The molecule has 1 aromatic carbocycles. The normalized spacial score (nSPS) is 12.4. The summed E-state index contributed by atoms with van der Waals surface area (Å²) in [4.78, 5) is 3.36. The van der Waals surface area contributed by atoms with E-state index in [0.717, 1.165) is 5.69 Å². The van der Waals surface area contributed by atoms with Crippen molar-refractivity contribution in [3.8, 4) is 0 Å². The van der Waals surface area contributed by atoms with Crippen LogP contribution in [0.25, 0.3) is 0 Å². The highest BCUT2D eigenvalue weighted by Gasteiger charge is 2.46. The molecule has 0 bridgehead atoms. The van der Waals surface area contributed by atoms with Gasteiger partial charge in [-0.25, -0.2) is 0 Å². The van der Waals surface area contributed by atoms with Crippen LogP contribution in [-0.2, 0) is 13.3 Å². The summed E-state index contributed by atoms with van der Waals surface area (Å²) in [5, 5.41) is 0. The van der Waals surface area contributed by atoms with Gasteiger partial charge in [0.15, 0.2) is 0 Å². The second-order valence-corrected chi connectivity index (χ2v) is 7.62. The molecule has 0 aromatic heterocycles. The lowest BCUT2D eigenvalue weighted by Gasteiger charge is -2.34. The van der Waals surface area contributed by atoms with Crippen molar-refractivity contribution in [1.82, 2.24) is 0 Å². The first-order valence-electron chi connectivity index (χ1n) is 7.19. The Balaban J connectivity index is 3.00. The Hall–Kier alpha value is -0.883. The molecule has 0 saturated carbocycles. The summed E-state index contributed by atoms with van der Waals surface area (Å²) < 4.78 is 18.1. The Labute approximate surface area is 123 Å². The van der Waals surface area contributed by atoms with Crippen molar-refractivity contribution in [3.05, 3.63) is 30.3 Å². The lowest BCUT2D eigenvalue weighted by Crippen LogP contribution is -2.57. The average Bonchev–Trinajstić information content (AvgIpc) is 2.26. The lowest BCUT2D eigenvalue weighted by molar-refractivity contribution is 0.00913. The molecule has 0 radical (unpaired) electrons. The average molecular weight is 297 g/mol. The van der Waals surface area contributed by atoms with E-state index in [9.17, 15) is 0 Å². The predicted octanol–water partition coefficient (Wildman–Crippen LogP) is 3.81. The summed E-state index contributed by atoms with van der Waals surface area (Å²) in [5.41, 5.74) is 0.945. The van der Waals surface area contributed by atoms with E-state index in [2.05, 4.69) is 4.98 Å². The number of rotatable bonds is 8. The van der Waals surface area contributed by atoms with Crippen molar-refractivity contribution in [2.24, 2.45) is 0 Å². The molecule has 0 heterocycles. The Morgan fingerprint density at radius 3 is 1.50 bits per heavy atom. The van der Waals surface area contributed by atoms with Crippen molar-refractivity contribution < 1.29 is 13.3 Å². The fourth-order valence-electron chi connectivity index (χ4n) is 1.80. The number of hydrogen-bond acceptors (Lipinski definition) is 4. The number of benzene rings is 1. The van der Waals surface area contributed by atoms with Crippen LogP contribution in [0, 0.1) is 0 Å². The van der Waals surface area contributed by atoms with Crippen LogP contribution in [-0.4, -0.2) is 27.3 Å². The minimum absolute atomic E-state index is 0.0235. The highest BCUT2D eigenvalue weighted by molar-refractivity contribution is 6.64. The number of anilines is 1. The fraction of sp³-hybridized carbons (Fsp3) is 0.600. The SMILES string of the molecule is CC(C)O[Si](Nc1ccccc1)(OC(C)C)OC(C)C. The molecule has 0 saturated heterocycles. The van der Waals surface area contributed by atoms with Crippen molar-refractivity contribution in [3.63, 3.8) is 0 Å². The predicted molar refractivity (Wildman–Crippen MR) is 84.5 cm³/mol. The van der Waals surface area contributed by atoms with E-state index in [1.807, 2.05) is 71.9 Å². The van der Waals surface area contributed by atoms with E-state index in [0.29, 0.717) is 0 Å². The first kappa shape index (κ1) is 17.2. The molecule has 4 nitrogen and oxygen atoms in total. The molecule has 1 N–H and O–H groups in total. The van der Waals surface area contributed by atoms with Crippen molar-refractivity contribution in [1.29, 1.82) is 0 Å². The third-order valence-electron chi connectivity index (χ3n) is 2.24. The summed E-state index contributed by atoms with van der Waals surface area (Å²) in [6.45, 7) is 11.9. The van der Waals surface area contributed by atoms with Crippen LogP contribution in [0.5, 0.6) is 0 Å². The summed E-state index contributed by atoms with van der Waals surface area (Å²) in [5.74, 6) is 0. The summed E-state index contributed by atoms with van der Waals surface area (Å²) in [7, 11) is -2.98. The van der Waals surface area contributed by atoms with E-state index < -0.39 is 8.97 Å². The van der Waals surface area contributed by atoms with Gasteiger partial charge >= 0.3 is 8.97 Å². The zero-order valence-electron chi connectivity index (χ0n) is 13.3. The molecule has 0 spiro atoms. The van der Waals surface area contributed by atoms with Crippen LogP contribution in [0.15, 0.2) is 30.3 Å². The second-order valence-electron chi connectivity index (χ2n) is 5.55. The van der Waals surface area contributed by atoms with Gasteiger partial charge < -0.3 is 18.3 Å². The molecule has 0 aliphatic heterocycles. The minimum Gasteiger partial charge on any atom is -0.354 e. The zero-order valence-corrected chi connectivity index (χ0v) is 14.3. The van der Waals surface area contributed by atoms with Crippen LogP contribution < -0.4 is 4.98 Å². The summed E-state index contributed by atoms with van der Waals surface area (Å²) >= 11 is 0. The van der Waals surface area contributed by atoms with Crippen LogP contribution in [0.3, 0.4) is 0 Å². The van der Waals surface area contributed by atoms with Gasteiger partial charge in [0.1, 0.15) is 0 Å². The standard InChI is InChI=1S/C15H27NO3Si/c1-12(2)17-20(18-13(3)4,19-14(5)6)16-15-10-8-7-9-11-15/h7-14,16H,1-6H3. The van der Waals surface area contributed by atoms with Crippen LogP contribution in [0.4, 0.5) is 5.69 Å². The molecule has 0 fully saturated rings. The molecule has 0 amide bonds. The van der Waals surface area contributed by atoms with Gasteiger partial charge in [0, 0.05) is 24.0 Å². The van der Waals surface area contributed by atoms with Gasteiger partial charge in [-0.2, -0.15) is 0 Å². The van der Waals surface area contributed by atoms with E-state index in [1.54, 1.807) is 0 Å². The molecule has 0 aliphatic carbocycles. The number of para-hydroxylation sites is 1. The summed E-state index contributed by atoms with van der Waals surface area (Å²) in [6.07, 6.45) is 0.0705. The maximum Gasteiger partial charge on any atom is 0.631 e. The molecular formula is C15H27NO3Si. The molecule has 1 rings (SSSR count). The summed E-state index contributed by atoms with van der Waals surface area (Å²) in [6, 6.07) is 9.89. The Bertz CT molecular complexity index is 355. The topological polar surface area (TPSA) is 39.7 Å². The smallest absolute Gasteiger partial charge is 0.354 e. The fourth-order valence-corrected chi connectivity index (χ4v) is 4.53. The first-order valence-corrected chi connectivity index (χ1v) is 8.92.